The maximum atomic E-state index is 12.0. The van der Waals surface area contributed by atoms with Crippen LogP contribution in [0.4, 0.5) is 0 Å². The zero-order valence-electron chi connectivity index (χ0n) is 11.9. The highest BCUT2D eigenvalue weighted by Gasteiger charge is 2.37. The van der Waals surface area contributed by atoms with Gasteiger partial charge in [0.25, 0.3) is 0 Å². The molecule has 1 aromatic heterocycles. The molecule has 108 valence electrons. The monoisotopic (exact) mass is 275 g/mol. The van der Waals surface area contributed by atoms with Gasteiger partial charge in [-0.2, -0.15) is 0 Å². The molecule has 3 rings (SSSR count). The van der Waals surface area contributed by atoms with Crippen LogP contribution >= 0.6 is 0 Å². The zero-order valence-corrected chi connectivity index (χ0v) is 11.9. The van der Waals surface area contributed by atoms with Crippen molar-refractivity contribution >= 4 is 5.97 Å². The molecule has 4 nitrogen and oxygen atoms in total. The quantitative estimate of drug-likeness (QED) is 0.840. The van der Waals surface area contributed by atoms with Crippen molar-refractivity contribution in [3.63, 3.8) is 0 Å². The summed E-state index contributed by atoms with van der Waals surface area (Å²) in [5.41, 5.74) is 0.601. The van der Waals surface area contributed by atoms with E-state index >= 15 is 0 Å². The highest BCUT2D eigenvalue weighted by Crippen LogP contribution is 2.21. The molecule has 20 heavy (non-hydrogen) atoms. The maximum absolute atomic E-state index is 12.0. The highest BCUT2D eigenvalue weighted by atomic mass is 16.5. The lowest BCUT2D eigenvalue weighted by atomic mass is 9.84. The number of carbonyl (C=O) groups is 1. The van der Waals surface area contributed by atoms with E-state index in [-0.39, 0.29) is 5.97 Å². The van der Waals surface area contributed by atoms with Crippen molar-refractivity contribution in [2.24, 2.45) is 5.92 Å². The van der Waals surface area contributed by atoms with Crippen molar-refractivity contribution in [3.8, 4) is 0 Å². The molecule has 2 aliphatic rings. The van der Waals surface area contributed by atoms with E-state index in [0.717, 1.165) is 0 Å². The lowest BCUT2D eigenvalue weighted by molar-refractivity contribution is -0.940. The Hall–Kier alpha value is -1.42. The average Bonchev–Trinajstić information content (AvgIpc) is 2.53. The number of pyridine rings is 1. The third-order valence-electron chi connectivity index (χ3n) is 4.77. The van der Waals surface area contributed by atoms with Gasteiger partial charge in [-0.3, -0.25) is 4.98 Å². The van der Waals surface area contributed by atoms with E-state index in [9.17, 15) is 4.79 Å². The van der Waals surface area contributed by atoms with Gasteiger partial charge in [0.15, 0.2) is 0 Å². The molecule has 3 atom stereocenters. The number of carbonyl (C=O) groups excluding carboxylic acids is 1. The first-order chi connectivity index (χ1) is 9.84. The molecule has 0 aliphatic carbocycles. The van der Waals surface area contributed by atoms with Crippen LogP contribution in [0.15, 0.2) is 24.5 Å². The number of fused-ring (bicyclic) bond motifs is 1. The Balaban J connectivity index is 1.56. The maximum Gasteiger partial charge on any atom is 0.338 e. The van der Waals surface area contributed by atoms with Gasteiger partial charge >= 0.3 is 5.97 Å². The van der Waals surface area contributed by atoms with Crippen LogP contribution in [0.25, 0.3) is 0 Å². The van der Waals surface area contributed by atoms with E-state index < -0.39 is 0 Å². The summed E-state index contributed by atoms with van der Waals surface area (Å²) in [4.78, 5) is 17.7. The SMILES string of the molecule is O=C(OC[C@@H]1CCC[NH+]2CCCC[C@@H]12)c1ccncc1. The van der Waals surface area contributed by atoms with Gasteiger partial charge in [0.05, 0.1) is 24.7 Å². The molecule has 0 aromatic carbocycles. The number of nitrogens with one attached hydrogen (secondary N) is 1. The smallest absolute Gasteiger partial charge is 0.338 e. The van der Waals surface area contributed by atoms with Gasteiger partial charge < -0.3 is 9.64 Å². The number of aromatic nitrogens is 1. The van der Waals surface area contributed by atoms with Crippen LogP contribution in [-0.2, 0) is 4.74 Å². The number of hydrogen-bond donors (Lipinski definition) is 1. The summed E-state index contributed by atoms with van der Waals surface area (Å²) in [6.45, 7) is 3.19. The Morgan fingerprint density at radius 2 is 2.00 bits per heavy atom. The number of quaternary nitrogens is 1. The predicted octanol–water partition coefficient (Wildman–Crippen LogP) is 1.09. The molecule has 3 heterocycles. The molecular formula is C16H23N2O2+. The molecule has 0 spiro atoms. The molecule has 0 radical (unpaired) electrons. The van der Waals surface area contributed by atoms with Gasteiger partial charge in [0, 0.05) is 18.3 Å². The van der Waals surface area contributed by atoms with E-state index in [1.54, 1.807) is 29.4 Å². The molecule has 2 saturated heterocycles. The van der Waals surface area contributed by atoms with E-state index in [4.69, 9.17) is 4.74 Å². The first-order valence-electron chi connectivity index (χ1n) is 7.76. The van der Waals surface area contributed by atoms with Gasteiger partial charge in [0.1, 0.15) is 6.61 Å². The first kappa shape index (κ1) is 13.6. The molecule has 0 bridgehead atoms. The predicted molar refractivity (Wildman–Crippen MR) is 75.6 cm³/mol. The molecule has 1 unspecified atom stereocenters. The van der Waals surface area contributed by atoms with Crippen molar-refractivity contribution in [3.05, 3.63) is 30.1 Å². The fourth-order valence-corrected chi connectivity index (χ4v) is 3.73. The normalized spacial score (nSPS) is 29.5. The second-order valence-electron chi connectivity index (χ2n) is 6.00. The summed E-state index contributed by atoms with van der Waals surface area (Å²) in [5, 5.41) is 0. The van der Waals surface area contributed by atoms with Gasteiger partial charge in [-0.1, -0.05) is 0 Å². The van der Waals surface area contributed by atoms with Crippen molar-refractivity contribution in [2.75, 3.05) is 19.7 Å². The number of piperidine rings is 2. The molecule has 1 aromatic rings. The summed E-state index contributed by atoms with van der Waals surface area (Å²) >= 11 is 0. The first-order valence-corrected chi connectivity index (χ1v) is 7.76. The lowest BCUT2D eigenvalue weighted by Crippen LogP contribution is -3.18. The molecule has 4 heteroatoms. The average molecular weight is 275 g/mol. The molecule has 0 saturated carbocycles. The number of nitrogens with zero attached hydrogens (tertiary/aromatic N) is 1. The molecule has 2 aliphatic heterocycles. The van der Waals surface area contributed by atoms with E-state index in [2.05, 4.69) is 4.98 Å². The number of hydrogen-bond acceptors (Lipinski definition) is 3. The minimum Gasteiger partial charge on any atom is -0.462 e. The van der Waals surface area contributed by atoms with Gasteiger partial charge in [0.2, 0.25) is 0 Å². The van der Waals surface area contributed by atoms with Crippen LogP contribution in [0.2, 0.25) is 0 Å². The second kappa shape index (κ2) is 6.35. The van der Waals surface area contributed by atoms with Crippen LogP contribution in [0.3, 0.4) is 0 Å². The van der Waals surface area contributed by atoms with Crippen LogP contribution < -0.4 is 4.90 Å². The molecular weight excluding hydrogens is 252 g/mol. The third kappa shape index (κ3) is 3.01. The Labute approximate surface area is 120 Å². The fraction of sp³-hybridized carbons (Fsp3) is 0.625. The Kier molecular flexibility index (Phi) is 4.31. The number of esters is 1. The second-order valence-corrected chi connectivity index (χ2v) is 6.00. The Morgan fingerprint density at radius 1 is 1.20 bits per heavy atom. The van der Waals surface area contributed by atoms with Gasteiger partial charge in [-0.05, 0) is 44.2 Å². The van der Waals surface area contributed by atoms with Crippen molar-refractivity contribution in [1.29, 1.82) is 0 Å². The minimum atomic E-state index is -0.213. The van der Waals surface area contributed by atoms with Crippen LogP contribution in [-0.4, -0.2) is 36.7 Å². The molecule has 1 N–H and O–H groups in total. The highest BCUT2D eigenvalue weighted by molar-refractivity contribution is 5.89. The van der Waals surface area contributed by atoms with Crippen molar-refractivity contribution < 1.29 is 14.4 Å². The Morgan fingerprint density at radius 3 is 2.85 bits per heavy atom. The standard InChI is InChI=1S/C16H22N2O2/c19-16(13-6-8-17-9-7-13)20-12-14-4-3-11-18-10-2-1-5-15(14)18/h6-9,14-15H,1-5,10-12H2/p+1/t14-,15-/m0/s1. The van der Waals surface area contributed by atoms with E-state index in [1.807, 2.05) is 0 Å². The van der Waals surface area contributed by atoms with Crippen LogP contribution in [0.1, 0.15) is 42.5 Å². The zero-order chi connectivity index (χ0) is 13.8. The van der Waals surface area contributed by atoms with Gasteiger partial charge in [-0.25, -0.2) is 4.79 Å². The van der Waals surface area contributed by atoms with Crippen molar-refractivity contribution in [1.82, 2.24) is 4.98 Å². The Bertz CT molecular complexity index is 447. The fourth-order valence-electron chi connectivity index (χ4n) is 3.73. The van der Waals surface area contributed by atoms with Crippen LogP contribution in [0.5, 0.6) is 0 Å². The minimum absolute atomic E-state index is 0.213. The van der Waals surface area contributed by atoms with Crippen LogP contribution in [0, 0.1) is 5.92 Å². The molecule has 0 amide bonds. The lowest BCUT2D eigenvalue weighted by Gasteiger charge is -2.40. The van der Waals surface area contributed by atoms with E-state index in [1.165, 1.54) is 45.2 Å². The topological polar surface area (TPSA) is 43.6 Å². The van der Waals surface area contributed by atoms with Crippen molar-refractivity contribution in [2.45, 2.75) is 38.1 Å². The summed E-state index contributed by atoms with van der Waals surface area (Å²) in [6.07, 6.45) is 9.72. The summed E-state index contributed by atoms with van der Waals surface area (Å²) in [6, 6.07) is 4.13. The van der Waals surface area contributed by atoms with Gasteiger partial charge in [-0.15, -0.1) is 0 Å². The third-order valence-corrected chi connectivity index (χ3v) is 4.77. The number of rotatable bonds is 3. The largest absolute Gasteiger partial charge is 0.462 e. The molecule has 2 fully saturated rings. The summed E-state index contributed by atoms with van der Waals surface area (Å²) in [5.74, 6) is 0.333. The van der Waals surface area contributed by atoms with E-state index in [0.29, 0.717) is 24.1 Å². The summed E-state index contributed by atoms with van der Waals surface area (Å²) < 4.78 is 5.54. The number of ether oxygens (including phenoxy) is 1. The summed E-state index contributed by atoms with van der Waals surface area (Å²) in [7, 11) is 0.